The second kappa shape index (κ2) is 4.18. The van der Waals surface area contributed by atoms with E-state index < -0.39 is 5.97 Å². The monoisotopic (exact) mass is 239 g/mol. The minimum Gasteiger partial charge on any atom is -0.550 e. The number of hydrogen-bond donors (Lipinski definition) is 0. The van der Waals surface area contributed by atoms with Gasteiger partial charge in [-0.3, -0.25) is 0 Å². The van der Waals surface area contributed by atoms with Gasteiger partial charge in [-0.25, -0.2) is 0 Å². The van der Waals surface area contributed by atoms with E-state index in [9.17, 15) is 9.90 Å². The highest BCUT2D eigenvalue weighted by Crippen LogP contribution is 2.29. The lowest BCUT2D eigenvalue weighted by molar-refractivity contribution is -0.305. The number of aliphatic carboxylic acids is 1. The molecule has 0 aliphatic heterocycles. The molecule has 0 atom stereocenters. The Hall–Kier alpha value is -2.29. The van der Waals surface area contributed by atoms with E-state index in [1.165, 1.54) is 0 Å². The lowest BCUT2D eigenvalue weighted by Crippen LogP contribution is -2.22. The van der Waals surface area contributed by atoms with Crippen molar-refractivity contribution in [2.45, 2.75) is 12.8 Å². The van der Waals surface area contributed by atoms with Crippen LogP contribution in [0.25, 0.3) is 21.9 Å². The summed E-state index contributed by atoms with van der Waals surface area (Å²) in [7, 11) is 0. The van der Waals surface area contributed by atoms with Crippen molar-refractivity contribution in [1.82, 2.24) is 0 Å². The van der Waals surface area contributed by atoms with Gasteiger partial charge in [0.2, 0.25) is 0 Å². The lowest BCUT2D eigenvalue weighted by atomic mass is 10.1. The fraction of sp³-hybridized carbons (Fsp3) is 0.133. The average Bonchev–Trinajstić information content (AvgIpc) is 2.74. The van der Waals surface area contributed by atoms with Crippen molar-refractivity contribution >= 4 is 27.9 Å². The number of hydrogen-bond acceptors (Lipinski definition) is 3. The van der Waals surface area contributed by atoms with Crippen LogP contribution in [-0.4, -0.2) is 5.97 Å². The number of para-hydroxylation sites is 1. The molecule has 3 aromatic rings. The molecule has 0 radical (unpaired) electrons. The van der Waals surface area contributed by atoms with Crippen molar-refractivity contribution in [2.24, 2.45) is 0 Å². The molecule has 90 valence electrons. The van der Waals surface area contributed by atoms with Gasteiger partial charge in [-0.2, -0.15) is 0 Å². The van der Waals surface area contributed by atoms with Gasteiger partial charge >= 0.3 is 0 Å². The molecule has 0 spiro atoms. The van der Waals surface area contributed by atoms with Crippen LogP contribution in [0.2, 0.25) is 0 Å². The van der Waals surface area contributed by atoms with E-state index in [1.54, 1.807) is 0 Å². The molecule has 0 bridgehead atoms. The van der Waals surface area contributed by atoms with Gasteiger partial charge in [0.1, 0.15) is 11.2 Å². The summed E-state index contributed by atoms with van der Waals surface area (Å²) in [5.41, 5.74) is 2.66. The summed E-state index contributed by atoms with van der Waals surface area (Å²) in [5, 5.41) is 12.6. The number of carbonyl (C=O) groups is 1. The Bertz CT molecular complexity index is 725. The maximum absolute atomic E-state index is 10.5. The number of carboxylic acid groups (broad SMARTS) is 1. The number of carboxylic acids is 1. The van der Waals surface area contributed by atoms with Crippen LogP contribution in [0.15, 0.2) is 46.9 Å². The summed E-state index contributed by atoms with van der Waals surface area (Å²) < 4.78 is 5.70. The molecule has 18 heavy (non-hydrogen) atoms. The fourth-order valence-electron chi connectivity index (χ4n) is 2.18. The molecule has 0 saturated heterocycles. The Morgan fingerprint density at radius 1 is 1.06 bits per heavy atom. The molecule has 3 rings (SSSR count). The van der Waals surface area contributed by atoms with Crippen LogP contribution in [0.1, 0.15) is 12.0 Å². The van der Waals surface area contributed by atoms with Crippen LogP contribution >= 0.6 is 0 Å². The first-order valence-electron chi connectivity index (χ1n) is 5.84. The maximum Gasteiger partial charge on any atom is 0.135 e. The van der Waals surface area contributed by atoms with Crippen molar-refractivity contribution in [2.75, 3.05) is 0 Å². The van der Waals surface area contributed by atoms with E-state index >= 15 is 0 Å². The normalized spacial score (nSPS) is 11.1. The third-order valence-electron chi connectivity index (χ3n) is 3.06. The molecule has 0 amide bonds. The zero-order valence-corrected chi connectivity index (χ0v) is 9.68. The minimum atomic E-state index is -1.02. The van der Waals surface area contributed by atoms with E-state index in [1.807, 2.05) is 42.5 Å². The van der Waals surface area contributed by atoms with E-state index in [0.29, 0.717) is 6.42 Å². The summed E-state index contributed by atoms with van der Waals surface area (Å²) in [6.45, 7) is 0. The topological polar surface area (TPSA) is 53.3 Å². The zero-order chi connectivity index (χ0) is 12.5. The molecule has 0 fully saturated rings. The molecular weight excluding hydrogens is 228 g/mol. The third-order valence-corrected chi connectivity index (χ3v) is 3.06. The average molecular weight is 239 g/mol. The van der Waals surface area contributed by atoms with Gasteiger partial charge in [-0.15, -0.1) is 0 Å². The second-order valence-corrected chi connectivity index (χ2v) is 4.30. The first-order valence-corrected chi connectivity index (χ1v) is 5.84. The van der Waals surface area contributed by atoms with Gasteiger partial charge in [0, 0.05) is 16.7 Å². The Kier molecular flexibility index (Phi) is 2.52. The quantitative estimate of drug-likeness (QED) is 0.704. The van der Waals surface area contributed by atoms with Gasteiger partial charge in [0.25, 0.3) is 0 Å². The standard InChI is InChI=1S/C15H12O3/c16-15(17)8-6-10-5-7-14-12(9-10)11-3-1-2-4-13(11)18-14/h1-5,7,9H,6,8H2,(H,16,17)/p-1. The molecule has 0 aliphatic carbocycles. The summed E-state index contributed by atoms with van der Waals surface area (Å²) in [6.07, 6.45) is 0.527. The minimum absolute atomic E-state index is 0.0429. The van der Waals surface area contributed by atoms with E-state index in [4.69, 9.17) is 4.42 Å². The van der Waals surface area contributed by atoms with E-state index in [2.05, 4.69) is 0 Å². The fourth-order valence-corrected chi connectivity index (χ4v) is 2.18. The van der Waals surface area contributed by atoms with E-state index in [0.717, 1.165) is 27.5 Å². The highest BCUT2D eigenvalue weighted by Gasteiger charge is 2.06. The van der Waals surface area contributed by atoms with Crippen molar-refractivity contribution in [3.63, 3.8) is 0 Å². The van der Waals surface area contributed by atoms with Crippen LogP contribution in [0.3, 0.4) is 0 Å². The van der Waals surface area contributed by atoms with Gasteiger partial charge in [0.05, 0.1) is 0 Å². The van der Waals surface area contributed by atoms with E-state index in [-0.39, 0.29) is 6.42 Å². The van der Waals surface area contributed by atoms with Gasteiger partial charge < -0.3 is 14.3 Å². The first kappa shape index (κ1) is 10.8. The number of fused-ring (bicyclic) bond motifs is 3. The lowest BCUT2D eigenvalue weighted by Gasteiger charge is -2.02. The van der Waals surface area contributed by atoms with Crippen molar-refractivity contribution in [3.8, 4) is 0 Å². The molecule has 0 N–H and O–H groups in total. The molecule has 3 nitrogen and oxygen atoms in total. The number of aryl methyl sites for hydroxylation is 1. The Morgan fingerprint density at radius 3 is 2.67 bits per heavy atom. The summed E-state index contributed by atoms with van der Waals surface area (Å²) in [5.74, 6) is -1.02. The van der Waals surface area contributed by atoms with Gasteiger partial charge in [-0.05, 0) is 36.6 Å². The second-order valence-electron chi connectivity index (χ2n) is 4.30. The highest BCUT2D eigenvalue weighted by molar-refractivity contribution is 6.04. The number of carbonyl (C=O) groups excluding carboxylic acids is 1. The number of benzene rings is 2. The van der Waals surface area contributed by atoms with Crippen molar-refractivity contribution in [1.29, 1.82) is 0 Å². The molecule has 0 unspecified atom stereocenters. The predicted octanol–water partition coefficient (Wildman–Crippen LogP) is 2.27. The molecule has 0 saturated carbocycles. The Balaban J connectivity index is 2.09. The largest absolute Gasteiger partial charge is 0.550 e. The molecule has 2 aromatic carbocycles. The smallest absolute Gasteiger partial charge is 0.135 e. The van der Waals surface area contributed by atoms with Gasteiger partial charge in [-0.1, -0.05) is 24.3 Å². The molecular formula is C15H11O3-. The molecule has 1 aromatic heterocycles. The van der Waals surface area contributed by atoms with Crippen molar-refractivity contribution in [3.05, 3.63) is 48.0 Å². The van der Waals surface area contributed by atoms with Crippen LogP contribution in [0.4, 0.5) is 0 Å². The van der Waals surface area contributed by atoms with Gasteiger partial charge in [0.15, 0.2) is 0 Å². The summed E-state index contributed by atoms with van der Waals surface area (Å²) in [6, 6.07) is 13.6. The SMILES string of the molecule is O=C([O-])CCc1ccc2oc3ccccc3c2c1. The predicted molar refractivity (Wildman–Crippen MR) is 67.0 cm³/mol. The number of furan rings is 1. The Morgan fingerprint density at radius 2 is 1.83 bits per heavy atom. The van der Waals surface area contributed by atoms with Crippen LogP contribution in [-0.2, 0) is 11.2 Å². The summed E-state index contributed by atoms with van der Waals surface area (Å²) >= 11 is 0. The number of rotatable bonds is 3. The maximum atomic E-state index is 10.5. The molecule has 0 aliphatic rings. The third kappa shape index (κ3) is 1.84. The summed E-state index contributed by atoms with van der Waals surface area (Å²) in [4.78, 5) is 10.5. The van der Waals surface area contributed by atoms with Crippen LogP contribution in [0.5, 0.6) is 0 Å². The zero-order valence-electron chi connectivity index (χ0n) is 9.68. The van der Waals surface area contributed by atoms with Crippen LogP contribution in [0, 0.1) is 0 Å². The van der Waals surface area contributed by atoms with Crippen molar-refractivity contribution < 1.29 is 14.3 Å². The highest BCUT2D eigenvalue weighted by atomic mass is 16.4. The first-order chi connectivity index (χ1) is 8.74. The van der Waals surface area contributed by atoms with Crippen LogP contribution < -0.4 is 5.11 Å². The molecule has 1 heterocycles. The Labute approximate surface area is 104 Å². The molecule has 3 heteroatoms.